The molecule has 1 amide bonds. The van der Waals surface area contributed by atoms with Crippen molar-refractivity contribution in [2.24, 2.45) is 14.1 Å². The number of nitrogens with zero attached hydrogens (tertiary/aromatic N) is 5. The van der Waals surface area contributed by atoms with Crippen LogP contribution in [0.25, 0.3) is 11.2 Å². The fourth-order valence-corrected chi connectivity index (χ4v) is 3.64. The number of carbonyl (C=O) groups is 1. The first-order chi connectivity index (χ1) is 13.8. The molecule has 152 valence electrons. The Morgan fingerprint density at radius 3 is 2.66 bits per heavy atom. The third kappa shape index (κ3) is 3.35. The summed E-state index contributed by atoms with van der Waals surface area (Å²) in [4.78, 5) is 43.4. The molecular weight excluding hydrogens is 401 g/mol. The van der Waals surface area contributed by atoms with E-state index < -0.39 is 17.1 Å². The number of aromatic nitrogens is 4. The molecule has 0 aliphatic heterocycles. The highest BCUT2D eigenvalue weighted by Gasteiger charge is 2.33. The van der Waals surface area contributed by atoms with Crippen LogP contribution in [0.15, 0.2) is 34.1 Å². The fourth-order valence-electron chi connectivity index (χ4n) is 3.41. The van der Waals surface area contributed by atoms with Gasteiger partial charge in [-0.15, -0.1) is 0 Å². The molecule has 2 heterocycles. The SMILES string of the molecule is Cn1c(=O)c2c(ncn2CC(=O)N(Cc2c(F)cccc2Cl)C2CC2)n(C)c1=O. The maximum atomic E-state index is 14.2. The number of amides is 1. The van der Waals surface area contributed by atoms with E-state index in [1.807, 2.05) is 0 Å². The Morgan fingerprint density at radius 1 is 1.28 bits per heavy atom. The van der Waals surface area contributed by atoms with Crippen molar-refractivity contribution in [3.8, 4) is 0 Å². The molecular formula is C19H19ClFN5O3. The van der Waals surface area contributed by atoms with Crippen LogP contribution in [0.5, 0.6) is 0 Å². The van der Waals surface area contributed by atoms with Gasteiger partial charge in [-0.1, -0.05) is 17.7 Å². The van der Waals surface area contributed by atoms with E-state index >= 15 is 0 Å². The molecule has 1 saturated carbocycles. The van der Waals surface area contributed by atoms with Crippen molar-refractivity contribution in [3.63, 3.8) is 0 Å². The molecule has 1 fully saturated rings. The molecule has 0 N–H and O–H groups in total. The van der Waals surface area contributed by atoms with Gasteiger partial charge >= 0.3 is 5.69 Å². The summed E-state index contributed by atoms with van der Waals surface area (Å²) in [7, 11) is 2.89. The van der Waals surface area contributed by atoms with E-state index in [2.05, 4.69) is 4.98 Å². The van der Waals surface area contributed by atoms with Gasteiger partial charge in [0.1, 0.15) is 12.4 Å². The third-order valence-electron chi connectivity index (χ3n) is 5.22. The van der Waals surface area contributed by atoms with Gasteiger partial charge in [-0.2, -0.15) is 0 Å². The molecule has 0 unspecified atom stereocenters. The third-order valence-corrected chi connectivity index (χ3v) is 5.58. The number of imidazole rings is 1. The Hall–Kier alpha value is -2.94. The molecule has 29 heavy (non-hydrogen) atoms. The van der Waals surface area contributed by atoms with Crippen LogP contribution in [0.4, 0.5) is 4.39 Å². The molecule has 2 aromatic heterocycles. The Morgan fingerprint density at radius 2 is 2.00 bits per heavy atom. The van der Waals surface area contributed by atoms with Crippen LogP contribution < -0.4 is 11.2 Å². The number of hydrogen-bond donors (Lipinski definition) is 0. The van der Waals surface area contributed by atoms with Crippen molar-refractivity contribution in [2.45, 2.75) is 32.0 Å². The molecule has 4 rings (SSSR count). The number of benzene rings is 1. The molecule has 8 nitrogen and oxygen atoms in total. The number of halogens is 2. The molecule has 0 saturated heterocycles. The van der Waals surface area contributed by atoms with Crippen LogP contribution in [0.3, 0.4) is 0 Å². The Kier molecular flexibility index (Phi) is 4.77. The van der Waals surface area contributed by atoms with Crippen molar-refractivity contribution >= 4 is 28.7 Å². The minimum atomic E-state index is -0.525. The number of aryl methyl sites for hydroxylation is 1. The van der Waals surface area contributed by atoms with Crippen molar-refractivity contribution in [1.29, 1.82) is 0 Å². The summed E-state index contributed by atoms with van der Waals surface area (Å²) in [6.45, 7) is -0.0926. The summed E-state index contributed by atoms with van der Waals surface area (Å²) in [6.07, 6.45) is 3.03. The molecule has 0 spiro atoms. The highest BCUT2D eigenvalue weighted by atomic mass is 35.5. The fraction of sp³-hybridized carbons (Fsp3) is 0.368. The molecule has 1 aromatic carbocycles. The maximum Gasteiger partial charge on any atom is 0.332 e. The Labute approximate surface area is 169 Å². The second kappa shape index (κ2) is 7.14. The minimum Gasteiger partial charge on any atom is -0.334 e. The lowest BCUT2D eigenvalue weighted by atomic mass is 10.2. The van der Waals surface area contributed by atoms with Gasteiger partial charge in [0.2, 0.25) is 5.91 Å². The summed E-state index contributed by atoms with van der Waals surface area (Å²) < 4.78 is 17.9. The smallest absolute Gasteiger partial charge is 0.332 e. The Bertz CT molecular complexity index is 1220. The quantitative estimate of drug-likeness (QED) is 0.626. The van der Waals surface area contributed by atoms with E-state index in [1.165, 1.54) is 41.7 Å². The van der Waals surface area contributed by atoms with Crippen LogP contribution in [-0.4, -0.2) is 35.5 Å². The number of hydrogen-bond acceptors (Lipinski definition) is 4. The van der Waals surface area contributed by atoms with Crippen molar-refractivity contribution in [3.05, 3.63) is 61.8 Å². The summed E-state index contributed by atoms with van der Waals surface area (Å²) in [5.41, 5.74) is -0.372. The molecule has 0 bridgehead atoms. The minimum absolute atomic E-state index is 0.0140. The van der Waals surface area contributed by atoms with Crippen molar-refractivity contribution in [1.82, 2.24) is 23.6 Å². The monoisotopic (exact) mass is 419 g/mol. The van der Waals surface area contributed by atoms with Gasteiger partial charge in [0.05, 0.1) is 12.9 Å². The van der Waals surface area contributed by atoms with Gasteiger partial charge < -0.3 is 9.47 Å². The lowest BCUT2D eigenvalue weighted by molar-refractivity contribution is -0.133. The zero-order valence-electron chi connectivity index (χ0n) is 15.9. The lowest BCUT2D eigenvalue weighted by Gasteiger charge is -2.23. The van der Waals surface area contributed by atoms with Gasteiger partial charge in [-0.05, 0) is 25.0 Å². The van der Waals surface area contributed by atoms with E-state index in [0.29, 0.717) is 0 Å². The largest absolute Gasteiger partial charge is 0.334 e. The molecule has 0 radical (unpaired) electrons. The van der Waals surface area contributed by atoms with Gasteiger partial charge in [0.25, 0.3) is 5.56 Å². The molecule has 0 atom stereocenters. The number of rotatable bonds is 5. The van der Waals surface area contributed by atoms with Crippen LogP contribution in [0.1, 0.15) is 18.4 Å². The zero-order chi connectivity index (χ0) is 20.9. The summed E-state index contributed by atoms with van der Waals surface area (Å²) in [6, 6.07) is 4.43. The van der Waals surface area contributed by atoms with Crippen LogP contribution >= 0.6 is 11.6 Å². The topological polar surface area (TPSA) is 82.1 Å². The van der Waals surface area contributed by atoms with Crippen LogP contribution in [0.2, 0.25) is 5.02 Å². The summed E-state index contributed by atoms with van der Waals surface area (Å²) >= 11 is 6.13. The van der Waals surface area contributed by atoms with E-state index in [1.54, 1.807) is 11.0 Å². The molecule has 3 aromatic rings. The van der Waals surface area contributed by atoms with Gasteiger partial charge in [0, 0.05) is 30.7 Å². The normalized spacial score (nSPS) is 13.8. The second-order valence-corrected chi connectivity index (χ2v) is 7.61. The first-order valence-electron chi connectivity index (χ1n) is 9.12. The molecule has 1 aliphatic carbocycles. The van der Waals surface area contributed by atoms with Crippen molar-refractivity contribution < 1.29 is 9.18 Å². The van der Waals surface area contributed by atoms with Gasteiger partial charge in [-0.3, -0.25) is 18.7 Å². The first-order valence-corrected chi connectivity index (χ1v) is 9.50. The summed E-state index contributed by atoms with van der Waals surface area (Å²) in [5, 5.41) is 0.264. The highest BCUT2D eigenvalue weighted by Crippen LogP contribution is 2.31. The van der Waals surface area contributed by atoms with E-state index in [4.69, 9.17) is 11.6 Å². The average Bonchev–Trinajstić information content (AvgIpc) is 3.44. The van der Waals surface area contributed by atoms with E-state index in [0.717, 1.165) is 17.4 Å². The van der Waals surface area contributed by atoms with E-state index in [9.17, 15) is 18.8 Å². The number of carbonyl (C=O) groups excluding carboxylic acids is 1. The van der Waals surface area contributed by atoms with Gasteiger partial charge in [-0.25, -0.2) is 14.2 Å². The lowest BCUT2D eigenvalue weighted by Crippen LogP contribution is -2.39. The standard InChI is InChI=1S/C19H19ClFN5O3/c1-23-17-16(18(28)24(2)19(23)29)25(10-22-17)9-15(27)26(11-6-7-11)8-12-13(20)4-3-5-14(12)21/h3-5,10-11H,6-9H2,1-2H3. The first kappa shape index (κ1) is 19.4. The Balaban J connectivity index is 1.68. The maximum absolute atomic E-state index is 14.2. The van der Waals surface area contributed by atoms with Crippen LogP contribution in [0, 0.1) is 5.82 Å². The van der Waals surface area contributed by atoms with E-state index in [-0.39, 0.29) is 46.8 Å². The predicted molar refractivity (Wildman–Crippen MR) is 105 cm³/mol. The predicted octanol–water partition coefficient (Wildman–Crippen LogP) is 1.42. The number of fused-ring (bicyclic) bond motifs is 1. The highest BCUT2D eigenvalue weighted by molar-refractivity contribution is 6.31. The molecule has 10 heteroatoms. The second-order valence-electron chi connectivity index (χ2n) is 7.20. The zero-order valence-corrected chi connectivity index (χ0v) is 16.7. The molecule has 1 aliphatic rings. The van der Waals surface area contributed by atoms with Gasteiger partial charge in [0.15, 0.2) is 11.2 Å². The summed E-state index contributed by atoms with van der Waals surface area (Å²) in [5.74, 6) is -0.741. The average molecular weight is 420 g/mol. The van der Waals surface area contributed by atoms with Crippen LogP contribution in [-0.2, 0) is 32.0 Å². The van der Waals surface area contributed by atoms with Crippen molar-refractivity contribution in [2.75, 3.05) is 0 Å².